The van der Waals surface area contributed by atoms with Crippen molar-refractivity contribution in [2.45, 2.75) is 19.4 Å². The summed E-state index contributed by atoms with van der Waals surface area (Å²) in [5.41, 5.74) is -0.183. The van der Waals surface area contributed by atoms with Gasteiger partial charge >= 0.3 is 5.97 Å². The number of hydrogen-bond donors (Lipinski definition) is 2. The number of aromatic carboxylic acids is 1. The molecule has 104 valence electrons. The minimum absolute atomic E-state index is 0.0593. The largest absolute Gasteiger partial charge is 0.478 e. The predicted molar refractivity (Wildman–Crippen MR) is 74.5 cm³/mol. The first kappa shape index (κ1) is 15.7. The van der Waals surface area contributed by atoms with Crippen molar-refractivity contribution in [2.24, 2.45) is 0 Å². The van der Waals surface area contributed by atoms with Gasteiger partial charge in [0.25, 0.3) is 5.91 Å². The minimum atomic E-state index is -1.08. The Hall–Kier alpha value is -1.40. The number of halogens is 1. The molecule has 0 aliphatic carbocycles. The average Bonchev–Trinajstić information content (AvgIpc) is 2.27. The molecule has 0 atom stereocenters. The Morgan fingerprint density at radius 1 is 1.32 bits per heavy atom. The first-order valence-corrected chi connectivity index (χ1v) is 6.40. The summed E-state index contributed by atoms with van der Waals surface area (Å²) in [6.45, 7) is 4.01. The van der Waals surface area contributed by atoms with Gasteiger partial charge in [-0.25, -0.2) is 4.79 Å². The molecule has 5 nitrogen and oxygen atoms in total. The van der Waals surface area contributed by atoms with E-state index in [2.05, 4.69) is 21.2 Å². The Balaban J connectivity index is 2.97. The number of benzene rings is 1. The maximum Gasteiger partial charge on any atom is 0.335 e. The molecule has 0 unspecified atom stereocenters. The lowest BCUT2D eigenvalue weighted by molar-refractivity contribution is 0.0697. The van der Waals surface area contributed by atoms with Gasteiger partial charge in [0.15, 0.2) is 0 Å². The molecule has 2 N–H and O–H groups in total. The van der Waals surface area contributed by atoms with Gasteiger partial charge in [-0.1, -0.05) is 15.9 Å². The van der Waals surface area contributed by atoms with Crippen LogP contribution in [0.2, 0.25) is 0 Å². The lowest BCUT2D eigenvalue weighted by Gasteiger charge is -2.25. The third kappa shape index (κ3) is 4.65. The standard InChI is InChI=1S/C13H16BrNO4/c1-13(2,7-19-3)15-11(16)8-4-9(12(17)18)6-10(14)5-8/h4-6H,7H2,1-3H3,(H,15,16)(H,17,18). The highest BCUT2D eigenvalue weighted by atomic mass is 79.9. The smallest absolute Gasteiger partial charge is 0.335 e. The molecule has 0 aliphatic heterocycles. The molecule has 19 heavy (non-hydrogen) atoms. The van der Waals surface area contributed by atoms with Gasteiger partial charge in [-0.2, -0.15) is 0 Å². The van der Waals surface area contributed by atoms with Crippen molar-refractivity contribution in [1.82, 2.24) is 5.32 Å². The molecule has 0 heterocycles. The predicted octanol–water partition coefficient (Wildman–Crippen LogP) is 2.30. The lowest BCUT2D eigenvalue weighted by atomic mass is 10.0. The van der Waals surface area contributed by atoms with Gasteiger partial charge in [0, 0.05) is 17.1 Å². The molecule has 1 amide bonds. The van der Waals surface area contributed by atoms with Crippen LogP contribution in [0.3, 0.4) is 0 Å². The summed E-state index contributed by atoms with van der Waals surface area (Å²) in [6.07, 6.45) is 0. The zero-order valence-corrected chi connectivity index (χ0v) is 12.6. The van der Waals surface area contributed by atoms with Crippen molar-refractivity contribution in [3.05, 3.63) is 33.8 Å². The highest BCUT2D eigenvalue weighted by Crippen LogP contribution is 2.17. The zero-order valence-electron chi connectivity index (χ0n) is 11.0. The van der Waals surface area contributed by atoms with E-state index in [1.807, 2.05) is 13.8 Å². The van der Waals surface area contributed by atoms with Gasteiger partial charge in [0.2, 0.25) is 0 Å². The topological polar surface area (TPSA) is 75.6 Å². The number of carbonyl (C=O) groups is 2. The second kappa shape index (κ2) is 6.16. The summed E-state index contributed by atoms with van der Waals surface area (Å²) in [5.74, 6) is -1.42. The van der Waals surface area contributed by atoms with E-state index >= 15 is 0 Å². The number of carbonyl (C=O) groups excluding carboxylic acids is 1. The van der Waals surface area contributed by atoms with Crippen LogP contribution in [0.15, 0.2) is 22.7 Å². The highest BCUT2D eigenvalue weighted by molar-refractivity contribution is 9.10. The number of nitrogens with one attached hydrogen (secondary N) is 1. The second-order valence-corrected chi connectivity index (χ2v) is 5.72. The normalized spacial score (nSPS) is 11.2. The molecule has 6 heteroatoms. The number of amides is 1. The number of carboxylic acids is 1. The van der Waals surface area contributed by atoms with Crippen molar-refractivity contribution in [2.75, 3.05) is 13.7 Å². The van der Waals surface area contributed by atoms with E-state index < -0.39 is 11.5 Å². The number of hydrogen-bond acceptors (Lipinski definition) is 3. The summed E-state index contributed by atoms with van der Waals surface area (Å²) < 4.78 is 5.55. The van der Waals surface area contributed by atoms with Gasteiger partial charge in [-0.05, 0) is 32.0 Å². The molecule has 0 bridgehead atoms. The molecule has 0 spiro atoms. The molecule has 0 saturated carbocycles. The van der Waals surface area contributed by atoms with E-state index in [0.29, 0.717) is 11.1 Å². The SMILES string of the molecule is COCC(C)(C)NC(=O)c1cc(Br)cc(C(=O)O)c1. The van der Waals surface area contributed by atoms with Crippen LogP contribution in [-0.2, 0) is 4.74 Å². The molecule has 1 rings (SSSR count). The average molecular weight is 330 g/mol. The summed E-state index contributed by atoms with van der Waals surface area (Å²) in [7, 11) is 1.55. The fourth-order valence-corrected chi connectivity index (χ4v) is 2.11. The Bertz CT molecular complexity index is 499. The number of ether oxygens (including phenoxy) is 1. The van der Waals surface area contributed by atoms with Gasteiger partial charge in [-0.3, -0.25) is 4.79 Å². The van der Waals surface area contributed by atoms with Crippen LogP contribution in [0, 0.1) is 0 Å². The van der Waals surface area contributed by atoms with Gasteiger partial charge in [0.05, 0.1) is 17.7 Å². The fraction of sp³-hybridized carbons (Fsp3) is 0.385. The molecule has 0 radical (unpaired) electrons. The van der Waals surface area contributed by atoms with Crippen molar-refractivity contribution in [1.29, 1.82) is 0 Å². The lowest BCUT2D eigenvalue weighted by Crippen LogP contribution is -2.46. The third-order valence-electron chi connectivity index (χ3n) is 2.36. The molecule has 0 aliphatic rings. The molecule has 1 aromatic rings. The van der Waals surface area contributed by atoms with Crippen LogP contribution in [0.4, 0.5) is 0 Å². The fourth-order valence-electron chi connectivity index (χ4n) is 1.62. The van der Waals surface area contributed by atoms with E-state index in [-0.39, 0.29) is 17.0 Å². The van der Waals surface area contributed by atoms with Crippen LogP contribution in [0.25, 0.3) is 0 Å². The monoisotopic (exact) mass is 329 g/mol. The van der Waals surface area contributed by atoms with Crippen LogP contribution in [0.5, 0.6) is 0 Å². The Kier molecular flexibility index (Phi) is 5.08. The van der Waals surface area contributed by atoms with Crippen LogP contribution in [-0.4, -0.2) is 36.2 Å². The Morgan fingerprint density at radius 2 is 1.89 bits per heavy atom. The number of methoxy groups -OCH3 is 1. The summed E-state index contributed by atoms with van der Waals surface area (Å²) in [4.78, 5) is 23.0. The maximum atomic E-state index is 12.1. The molecule has 0 fully saturated rings. The van der Waals surface area contributed by atoms with Crippen molar-refractivity contribution in [3.8, 4) is 0 Å². The molecular formula is C13H16BrNO4. The first-order valence-electron chi connectivity index (χ1n) is 5.60. The minimum Gasteiger partial charge on any atom is -0.478 e. The van der Waals surface area contributed by atoms with Crippen molar-refractivity contribution < 1.29 is 19.4 Å². The first-order chi connectivity index (χ1) is 8.75. The summed E-state index contributed by atoms with van der Waals surface area (Å²) in [6, 6.07) is 4.36. The summed E-state index contributed by atoms with van der Waals surface area (Å²) >= 11 is 3.19. The van der Waals surface area contributed by atoms with E-state index in [4.69, 9.17) is 9.84 Å². The zero-order chi connectivity index (χ0) is 14.6. The molecule has 1 aromatic carbocycles. The van der Waals surface area contributed by atoms with E-state index in [1.54, 1.807) is 13.2 Å². The molecule has 0 saturated heterocycles. The van der Waals surface area contributed by atoms with E-state index in [0.717, 1.165) is 0 Å². The van der Waals surface area contributed by atoms with Crippen LogP contribution >= 0.6 is 15.9 Å². The Labute approximate surface area is 120 Å². The highest BCUT2D eigenvalue weighted by Gasteiger charge is 2.21. The quantitative estimate of drug-likeness (QED) is 0.869. The Morgan fingerprint density at radius 3 is 2.42 bits per heavy atom. The van der Waals surface area contributed by atoms with Crippen LogP contribution in [0.1, 0.15) is 34.6 Å². The number of rotatable bonds is 5. The second-order valence-electron chi connectivity index (χ2n) is 4.80. The summed E-state index contributed by atoms with van der Waals surface area (Å²) in [5, 5.41) is 11.7. The number of carboxylic acid groups (broad SMARTS) is 1. The molecule has 0 aromatic heterocycles. The van der Waals surface area contributed by atoms with E-state index in [9.17, 15) is 9.59 Å². The van der Waals surface area contributed by atoms with Crippen molar-refractivity contribution >= 4 is 27.8 Å². The maximum absolute atomic E-state index is 12.1. The molecular weight excluding hydrogens is 314 g/mol. The van der Waals surface area contributed by atoms with E-state index in [1.165, 1.54) is 12.1 Å². The van der Waals surface area contributed by atoms with Crippen LogP contribution < -0.4 is 5.32 Å². The third-order valence-corrected chi connectivity index (χ3v) is 2.82. The van der Waals surface area contributed by atoms with Gasteiger partial charge < -0.3 is 15.2 Å². The van der Waals surface area contributed by atoms with Crippen molar-refractivity contribution in [3.63, 3.8) is 0 Å². The van der Waals surface area contributed by atoms with Gasteiger partial charge in [0.1, 0.15) is 0 Å². The van der Waals surface area contributed by atoms with Gasteiger partial charge in [-0.15, -0.1) is 0 Å².